The maximum atomic E-state index is 12.1. The van der Waals surface area contributed by atoms with Gasteiger partial charge in [-0.05, 0) is 25.8 Å². The minimum Gasteiger partial charge on any atom is -0.479 e. The Kier molecular flexibility index (Phi) is 19.3. The highest BCUT2D eigenvalue weighted by molar-refractivity contribution is 5.74. The summed E-state index contributed by atoms with van der Waals surface area (Å²) in [5.74, 6) is -3.44. The Labute approximate surface area is 362 Å². The fourth-order valence-electron chi connectivity index (χ4n) is 7.73. The first-order valence-corrected chi connectivity index (χ1v) is 20.3. The molecule has 25 atom stereocenters. The van der Waals surface area contributed by atoms with Crippen LogP contribution in [0.3, 0.4) is 0 Å². The van der Waals surface area contributed by atoms with Crippen LogP contribution in [-0.4, -0.2) is 280 Å². The van der Waals surface area contributed by atoms with Crippen molar-refractivity contribution in [2.75, 3.05) is 33.0 Å². The Morgan fingerprint density at radius 1 is 0.406 bits per heavy atom. The van der Waals surface area contributed by atoms with Crippen LogP contribution in [0.1, 0.15) is 19.3 Å². The van der Waals surface area contributed by atoms with Gasteiger partial charge in [-0.25, -0.2) is 9.59 Å². The van der Waals surface area contributed by atoms with E-state index in [1.807, 2.05) is 0 Å². The summed E-state index contributed by atoms with van der Waals surface area (Å²) in [7, 11) is 0. The third kappa shape index (κ3) is 11.4. The number of nitrogens with two attached hydrogens (primary N) is 1. The molecule has 5 fully saturated rings. The summed E-state index contributed by atoms with van der Waals surface area (Å²) >= 11 is 0. The summed E-state index contributed by atoms with van der Waals surface area (Å²) in [6.07, 6.45) is -47.8. The third-order valence-electron chi connectivity index (χ3n) is 11.4. The zero-order valence-electron chi connectivity index (χ0n) is 33.7. The van der Waals surface area contributed by atoms with Crippen LogP contribution in [0, 0.1) is 0 Å². The van der Waals surface area contributed by atoms with Crippen LogP contribution in [0.4, 0.5) is 0 Å². The molecule has 0 radical (unpaired) electrons. The summed E-state index contributed by atoms with van der Waals surface area (Å²) in [5, 5.41) is 168. The number of rotatable bonds is 19. The number of aliphatic carboxylic acids is 2. The van der Waals surface area contributed by atoms with E-state index in [1.54, 1.807) is 0 Å². The van der Waals surface area contributed by atoms with Gasteiger partial charge in [-0.15, -0.1) is 0 Å². The Balaban J connectivity index is 1.21. The zero-order valence-corrected chi connectivity index (χ0v) is 33.7. The van der Waals surface area contributed by atoms with Crippen molar-refractivity contribution in [1.82, 2.24) is 0 Å². The summed E-state index contributed by atoms with van der Waals surface area (Å²) in [4.78, 5) is 23.7. The molecule has 18 N–H and O–H groups in total. The monoisotopic (exact) mass is 941 g/mol. The van der Waals surface area contributed by atoms with E-state index in [0.717, 1.165) is 0 Å². The van der Waals surface area contributed by atoms with E-state index < -0.39 is 185 Å². The fourth-order valence-corrected chi connectivity index (χ4v) is 7.73. The second-order valence-electron chi connectivity index (χ2n) is 15.7. The Bertz CT molecular complexity index is 1470. The number of carboxylic acids is 2. The second-order valence-corrected chi connectivity index (χ2v) is 15.7. The quantitative estimate of drug-likeness (QED) is 0.0535. The van der Waals surface area contributed by atoms with Crippen LogP contribution in [0.25, 0.3) is 0 Å². The molecule has 0 aromatic rings. The molecule has 15 unspecified atom stereocenters. The maximum Gasteiger partial charge on any atom is 0.335 e. The van der Waals surface area contributed by atoms with Gasteiger partial charge >= 0.3 is 11.9 Å². The van der Waals surface area contributed by atoms with Crippen LogP contribution in [0.5, 0.6) is 0 Å². The number of carbonyl (C=O) groups is 2. The van der Waals surface area contributed by atoms with E-state index in [1.165, 1.54) is 0 Å². The second kappa shape index (κ2) is 23.3. The molecule has 0 aromatic carbocycles. The number of aliphatic hydroxyl groups excluding tert-OH is 14. The average Bonchev–Trinajstić information content (AvgIpc) is 3.26. The molecular formula is C35H59NO28. The largest absolute Gasteiger partial charge is 0.479 e. The number of hydrogen-bond donors (Lipinski definition) is 17. The SMILES string of the molecule is NCCCCCO[C@@H]1OC(C(=O)O)[C@@H](O[C@H]2OC(CO)[C@H](O[C@H]3OC(CO)[C@@H](O[C@@H]4OC(CO)[C@@H](O[C@@H]5OC(C(=O)O)[C@@H](O)C(O)C5O)C(O)C4O)C(O)C3O)C(O)C2O)C(O)C1O. The highest BCUT2D eigenvalue weighted by Crippen LogP contribution is 2.36. The minimum absolute atomic E-state index is 0.0147. The first kappa shape index (κ1) is 52.9. The maximum absolute atomic E-state index is 12.1. The number of ether oxygens (including phenoxy) is 10. The molecule has 5 saturated heterocycles. The summed E-state index contributed by atoms with van der Waals surface area (Å²) in [6.45, 7) is -2.63. The third-order valence-corrected chi connectivity index (χ3v) is 11.4. The topological polar surface area (TPSA) is 476 Å². The molecule has 0 aliphatic carbocycles. The normalized spacial score (nSPS) is 47.9. The smallest absolute Gasteiger partial charge is 0.335 e. The van der Waals surface area contributed by atoms with Gasteiger partial charge in [-0.1, -0.05) is 0 Å². The van der Waals surface area contributed by atoms with Gasteiger partial charge in [0.15, 0.2) is 43.7 Å². The molecule has 0 bridgehead atoms. The van der Waals surface area contributed by atoms with Crippen molar-refractivity contribution < 1.29 is 139 Å². The van der Waals surface area contributed by atoms with Gasteiger partial charge in [-0.2, -0.15) is 0 Å². The molecule has 372 valence electrons. The minimum atomic E-state index is -2.18. The first-order valence-electron chi connectivity index (χ1n) is 20.3. The molecule has 0 aromatic heterocycles. The van der Waals surface area contributed by atoms with E-state index in [2.05, 4.69) is 0 Å². The van der Waals surface area contributed by atoms with Crippen molar-refractivity contribution in [1.29, 1.82) is 0 Å². The van der Waals surface area contributed by atoms with Gasteiger partial charge in [0.1, 0.15) is 110 Å². The van der Waals surface area contributed by atoms with E-state index in [4.69, 9.17) is 53.1 Å². The molecule has 5 heterocycles. The van der Waals surface area contributed by atoms with E-state index in [0.29, 0.717) is 25.8 Å². The molecular weight excluding hydrogens is 882 g/mol. The molecule has 0 saturated carbocycles. The van der Waals surface area contributed by atoms with E-state index in [9.17, 15) is 91.3 Å². The van der Waals surface area contributed by atoms with Crippen LogP contribution in [-0.2, 0) is 57.0 Å². The summed E-state index contributed by atoms with van der Waals surface area (Å²) < 4.78 is 54.6. The van der Waals surface area contributed by atoms with Gasteiger partial charge in [0.25, 0.3) is 0 Å². The summed E-state index contributed by atoms with van der Waals surface area (Å²) in [5.41, 5.74) is 5.46. The predicted molar refractivity (Wildman–Crippen MR) is 194 cm³/mol. The van der Waals surface area contributed by atoms with Crippen molar-refractivity contribution in [2.24, 2.45) is 5.73 Å². The molecule has 29 nitrogen and oxygen atoms in total. The number of unbranched alkanes of at least 4 members (excludes halogenated alkanes) is 2. The summed E-state index contributed by atoms with van der Waals surface area (Å²) in [6, 6.07) is 0. The van der Waals surface area contributed by atoms with Crippen molar-refractivity contribution >= 4 is 11.9 Å². The van der Waals surface area contributed by atoms with E-state index in [-0.39, 0.29) is 6.61 Å². The first-order chi connectivity index (χ1) is 30.3. The Morgan fingerprint density at radius 2 is 0.750 bits per heavy atom. The molecule has 0 spiro atoms. The lowest BCUT2D eigenvalue weighted by atomic mass is 9.95. The van der Waals surface area contributed by atoms with Gasteiger partial charge in [-0.3, -0.25) is 0 Å². The fraction of sp³-hybridized carbons (Fsp3) is 0.943. The highest BCUT2D eigenvalue weighted by atomic mass is 16.8. The average molecular weight is 942 g/mol. The Morgan fingerprint density at radius 3 is 1.14 bits per heavy atom. The molecule has 5 rings (SSSR count). The predicted octanol–water partition coefficient (Wildman–Crippen LogP) is -10.6. The standard InChI is InChI=1S/C35H59NO28/c36-4-2-1-3-5-55-31-19(47)17(45)26(28(64-31)30(53)54)62-34-22(50)16(44)24(10(7-38)58-34)60-32-20(48)14(42)23(9(6-37)56-32)59-33-21(49)15(43)25(11(8-39)57-33)61-35-18(46)12(40)13(41)27(63-35)29(51)52/h9-28,31-35,37-50H,1-8,36H2,(H,51,52)(H,53,54)/t9?,10?,11?,12?,13-,14?,15?,16?,17?,18?,19?,20?,21?,22?,23+,24-,25+,26-,27?,28?,31+,32+,33-,34+,35+/m0/s1. The number of carboxylic acid groups (broad SMARTS) is 2. The lowest BCUT2D eigenvalue weighted by Gasteiger charge is -2.49. The van der Waals surface area contributed by atoms with Crippen molar-refractivity contribution in [3.8, 4) is 0 Å². The molecule has 5 aliphatic heterocycles. The van der Waals surface area contributed by atoms with Gasteiger partial charge in [0.05, 0.1) is 19.8 Å². The lowest BCUT2D eigenvalue weighted by Crippen LogP contribution is -2.68. The highest BCUT2D eigenvalue weighted by Gasteiger charge is 2.57. The van der Waals surface area contributed by atoms with Gasteiger partial charge in [0, 0.05) is 6.61 Å². The van der Waals surface area contributed by atoms with Gasteiger partial charge < -0.3 is 135 Å². The van der Waals surface area contributed by atoms with Crippen LogP contribution in [0.15, 0.2) is 0 Å². The molecule has 29 heteroatoms. The number of hydrogen-bond acceptors (Lipinski definition) is 27. The Hall–Kier alpha value is -2.06. The van der Waals surface area contributed by atoms with Crippen LogP contribution >= 0.6 is 0 Å². The van der Waals surface area contributed by atoms with Crippen molar-refractivity contribution in [2.45, 2.75) is 173 Å². The van der Waals surface area contributed by atoms with E-state index >= 15 is 0 Å². The van der Waals surface area contributed by atoms with Crippen LogP contribution in [0.2, 0.25) is 0 Å². The molecule has 64 heavy (non-hydrogen) atoms. The van der Waals surface area contributed by atoms with Crippen LogP contribution < -0.4 is 5.73 Å². The van der Waals surface area contributed by atoms with Crippen molar-refractivity contribution in [3.63, 3.8) is 0 Å². The van der Waals surface area contributed by atoms with Crippen molar-refractivity contribution in [3.05, 3.63) is 0 Å². The molecule has 0 amide bonds. The van der Waals surface area contributed by atoms with Gasteiger partial charge in [0.2, 0.25) is 0 Å². The zero-order chi connectivity index (χ0) is 47.3. The molecule has 5 aliphatic rings. The number of aliphatic hydroxyl groups is 14. The lowest BCUT2D eigenvalue weighted by molar-refractivity contribution is -0.392.